The van der Waals surface area contributed by atoms with Gasteiger partial charge in [-0.25, -0.2) is 4.98 Å². The molecule has 0 aliphatic rings. The number of phenols is 1. The van der Waals surface area contributed by atoms with E-state index in [0.717, 1.165) is 15.8 Å². The molecule has 6 heteroatoms. The Morgan fingerprint density at radius 1 is 1.30 bits per heavy atom. The van der Waals surface area contributed by atoms with Gasteiger partial charge in [0.05, 0.1) is 10.2 Å². The number of nitrogens with zero attached hydrogens (tertiary/aromatic N) is 2. The molecule has 0 unspecified atom stereocenters. The van der Waals surface area contributed by atoms with Crippen molar-refractivity contribution in [2.75, 3.05) is 5.32 Å². The van der Waals surface area contributed by atoms with E-state index < -0.39 is 0 Å². The molecule has 1 amide bonds. The van der Waals surface area contributed by atoms with Crippen LogP contribution in [0.25, 0.3) is 10.2 Å². The van der Waals surface area contributed by atoms with Crippen LogP contribution in [0.5, 0.6) is 5.75 Å². The lowest BCUT2D eigenvalue weighted by Gasteiger charge is -2.00. The van der Waals surface area contributed by atoms with Gasteiger partial charge in [-0.15, -0.1) is 0 Å². The first-order valence-electron chi connectivity index (χ1n) is 5.95. The predicted molar refractivity (Wildman–Crippen MR) is 78.2 cm³/mol. The molecule has 100 valence electrons. The van der Waals surface area contributed by atoms with Crippen LogP contribution < -0.4 is 5.32 Å². The van der Waals surface area contributed by atoms with Gasteiger partial charge in [0, 0.05) is 6.20 Å². The number of carbonyl (C=O) groups excluding carboxylic acids is 1. The number of aryl methyl sites for hydroxylation is 1. The molecule has 0 fully saturated rings. The number of benzene rings is 1. The van der Waals surface area contributed by atoms with E-state index in [1.54, 1.807) is 30.5 Å². The summed E-state index contributed by atoms with van der Waals surface area (Å²) in [6.07, 6.45) is 1.64. The summed E-state index contributed by atoms with van der Waals surface area (Å²) in [6, 6.07) is 8.39. The van der Waals surface area contributed by atoms with Crippen LogP contribution in [0.15, 0.2) is 36.5 Å². The van der Waals surface area contributed by atoms with E-state index in [4.69, 9.17) is 0 Å². The molecule has 0 saturated carbocycles. The summed E-state index contributed by atoms with van der Waals surface area (Å²) in [5.74, 6) is -0.118. The third kappa shape index (κ3) is 2.46. The van der Waals surface area contributed by atoms with Crippen molar-refractivity contribution in [3.05, 3.63) is 47.8 Å². The van der Waals surface area contributed by atoms with Crippen molar-refractivity contribution < 1.29 is 9.90 Å². The molecule has 0 radical (unpaired) electrons. The lowest BCUT2D eigenvalue weighted by atomic mass is 10.3. The fourth-order valence-electron chi connectivity index (χ4n) is 1.73. The third-order valence-corrected chi connectivity index (χ3v) is 3.67. The van der Waals surface area contributed by atoms with Crippen LogP contribution in [0, 0.1) is 6.92 Å². The van der Waals surface area contributed by atoms with Crippen molar-refractivity contribution in [1.29, 1.82) is 0 Å². The quantitative estimate of drug-likeness (QED) is 0.759. The van der Waals surface area contributed by atoms with Gasteiger partial charge in [0.15, 0.2) is 5.13 Å². The van der Waals surface area contributed by atoms with Crippen LogP contribution >= 0.6 is 11.3 Å². The number of aromatic hydroxyl groups is 1. The Morgan fingerprint density at radius 3 is 2.90 bits per heavy atom. The zero-order chi connectivity index (χ0) is 14.1. The van der Waals surface area contributed by atoms with E-state index in [1.165, 1.54) is 11.3 Å². The number of fused-ring (bicyclic) bond motifs is 1. The third-order valence-electron chi connectivity index (χ3n) is 2.74. The van der Waals surface area contributed by atoms with Crippen molar-refractivity contribution in [2.24, 2.45) is 0 Å². The Morgan fingerprint density at radius 2 is 2.15 bits per heavy atom. The highest BCUT2D eigenvalue weighted by atomic mass is 32.1. The Bertz CT molecular complexity index is 781. The predicted octanol–water partition coefficient (Wildman–Crippen LogP) is 2.96. The summed E-state index contributed by atoms with van der Waals surface area (Å²) in [5, 5.41) is 12.6. The fourth-order valence-corrected chi connectivity index (χ4v) is 2.62. The molecule has 2 heterocycles. The van der Waals surface area contributed by atoms with Crippen LogP contribution in [0.4, 0.5) is 5.13 Å². The van der Waals surface area contributed by atoms with E-state index >= 15 is 0 Å². The number of hydrogen-bond acceptors (Lipinski definition) is 5. The maximum atomic E-state index is 12.0. The van der Waals surface area contributed by atoms with Crippen molar-refractivity contribution in [3.8, 4) is 5.75 Å². The summed E-state index contributed by atoms with van der Waals surface area (Å²) in [7, 11) is 0. The normalized spacial score (nSPS) is 10.7. The van der Waals surface area contributed by atoms with Gasteiger partial charge in [-0.2, -0.15) is 0 Å². The molecule has 5 nitrogen and oxygen atoms in total. The molecule has 1 aromatic carbocycles. The van der Waals surface area contributed by atoms with Gasteiger partial charge in [-0.1, -0.05) is 17.4 Å². The number of nitrogens with one attached hydrogen (secondary N) is 1. The minimum absolute atomic E-state index is 0.180. The molecule has 0 aliphatic carbocycles. The van der Waals surface area contributed by atoms with E-state index in [0.29, 0.717) is 10.8 Å². The molecule has 0 aliphatic heterocycles. The minimum Gasteiger partial charge on any atom is -0.508 e. The van der Waals surface area contributed by atoms with Crippen LogP contribution in [-0.2, 0) is 0 Å². The molecule has 2 aromatic heterocycles. The molecular formula is C14H11N3O2S. The summed E-state index contributed by atoms with van der Waals surface area (Å²) in [5.41, 5.74) is 2.08. The first-order chi connectivity index (χ1) is 9.61. The number of amides is 1. The Hall–Kier alpha value is -2.47. The number of rotatable bonds is 2. The summed E-state index contributed by atoms with van der Waals surface area (Å²) in [6.45, 7) is 1.91. The number of phenolic OH excluding ortho intramolecular Hbond substituents is 1. The average molecular weight is 285 g/mol. The molecule has 20 heavy (non-hydrogen) atoms. The van der Waals surface area contributed by atoms with Gasteiger partial charge in [0.2, 0.25) is 0 Å². The number of anilines is 1. The standard InChI is InChI=1S/C14H11N3O2S/c1-8-2-4-11(15-7-8)13(19)17-14-16-10-5-3-9(18)6-12(10)20-14/h2-7,18H,1H3,(H,16,17,19). The zero-order valence-electron chi connectivity index (χ0n) is 10.6. The van der Waals surface area contributed by atoms with Gasteiger partial charge in [0.1, 0.15) is 11.4 Å². The average Bonchev–Trinajstić information content (AvgIpc) is 2.80. The first-order valence-corrected chi connectivity index (χ1v) is 6.77. The van der Waals surface area contributed by atoms with Gasteiger partial charge >= 0.3 is 0 Å². The SMILES string of the molecule is Cc1ccc(C(=O)Nc2nc3ccc(O)cc3s2)nc1. The first kappa shape index (κ1) is 12.6. The van der Waals surface area contributed by atoms with Gasteiger partial charge in [-0.3, -0.25) is 15.1 Å². The minimum atomic E-state index is -0.298. The van der Waals surface area contributed by atoms with E-state index in [-0.39, 0.29) is 11.7 Å². The molecule has 0 saturated heterocycles. The maximum Gasteiger partial charge on any atom is 0.276 e. The Kier molecular flexibility index (Phi) is 3.08. The molecular weight excluding hydrogens is 274 g/mol. The largest absolute Gasteiger partial charge is 0.508 e. The van der Waals surface area contributed by atoms with Crippen LogP contribution in [0.1, 0.15) is 16.1 Å². The lowest BCUT2D eigenvalue weighted by Crippen LogP contribution is -2.13. The summed E-state index contributed by atoms with van der Waals surface area (Å²) >= 11 is 1.31. The fraction of sp³-hybridized carbons (Fsp3) is 0.0714. The second kappa shape index (κ2) is 4.90. The topological polar surface area (TPSA) is 75.1 Å². The summed E-state index contributed by atoms with van der Waals surface area (Å²) < 4.78 is 0.817. The van der Waals surface area contributed by atoms with Crippen molar-refractivity contribution in [3.63, 3.8) is 0 Å². The highest BCUT2D eigenvalue weighted by Crippen LogP contribution is 2.28. The molecule has 0 bridgehead atoms. The monoisotopic (exact) mass is 285 g/mol. The van der Waals surface area contributed by atoms with Crippen molar-refractivity contribution >= 4 is 32.6 Å². The zero-order valence-corrected chi connectivity index (χ0v) is 11.4. The van der Waals surface area contributed by atoms with E-state index in [2.05, 4.69) is 15.3 Å². The number of thiazole rings is 1. The van der Waals surface area contributed by atoms with Crippen molar-refractivity contribution in [2.45, 2.75) is 6.92 Å². The number of carbonyl (C=O) groups is 1. The van der Waals surface area contributed by atoms with Crippen LogP contribution in [-0.4, -0.2) is 21.0 Å². The van der Waals surface area contributed by atoms with Crippen molar-refractivity contribution in [1.82, 2.24) is 9.97 Å². The maximum absolute atomic E-state index is 12.0. The second-order valence-electron chi connectivity index (χ2n) is 4.35. The Balaban J connectivity index is 1.85. The smallest absolute Gasteiger partial charge is 0.276 e. The van der Waals surface area contributed by atoms with E-state index in [9.17, 15) is 9.90 Å². The molecule has 3 rings (SSSR count). The number of pyridine rings is 1. The highest BCUT2D eigenvalue weighted by Gasteiger charge is 2.11. The molecule has 0 spiro atoms. The molecule has 0 atom stereocenters. The van der Waals surface area contributed by atoms with E-state index in [1.807, 2.05) is 13.0 Å². The summed E-state index contributed by atoms with van der Waals surface area (Å²) in [4.78, 5) is 20.4. The highest BCUT2D eigenvalue weighted by molar-refractivity contribution is 7.22. The molecule has 2 N–H and O–H groups in total. The van der Waals surface area contributed by atoms with Gasteiger partial charge < -0.3 is 5.11 Å². The molecule has 3 aromatic rings. The van der Waals surface area contributed by atoms with Gasteiger partial charge in [-0.05, 0) is 36.8 Å². The number of aromatic nitrogens is 2. The lowest BCUT2D eigenvalue weighted by molar-refractivity contribution is 0.102. The number of hydrogen-bond donors (Lipinski definition) is 2. The Labute approximate surface area is 118 Å². The van der Waals surface area contributed by atoms with Crippen LogP contribution in [0.3, 0.4) is 0 Å². The van der Waals surface area contributed by atoms with Crippen LogP contribution in [0.2, 0.25) is 0 Å². The second-order valence-corrected chi connectivity index (χ2v) is 5.38. The van der Waals surface area contributed by atoms with Gasteiger partial charge in [0.25, 0.3) is 5.91 Å².